The molecule has 0 radical (unpaired) electrons. The second kappa shape index (κ2) is 6.78. The number of methoxy groups -OCH3 is 1. The van der Waals surface area contributed by atoms with E-state index in [9.17, 15) is 10.2 Å². The number of rotatable bonds is 4. The van der Waals surface area contributed by atoms with Crippen molar-refractivity contribution < 1.29 is 14.9 Å². The standard InChI is InChI=1S/C15H22BrNO3/c1-20-12-8-10(16)7-11(15(12)19)13(17)14(18)9-5-3-2-4-6-9/h7-9,13-14,18-19H,2-6,17H2,1H3/t13-,14+/m1/s1. The molecule has 112 valence electrons. The molecule has 1 aliphatic carbocycles. The zero-order valence-corrected chi connectivity index (χ0v) is 13.3. The fourth-order valence-electron chi connectivity index (χ4n) is 2.96. The Morgan fingerprint density at radius 1 is 1.30 bits per heavy atom. The van der Waals surface area contributed by atoms with E-state index in [4.69, 9.17) is 10.5 Å². The Hall–Kier alpha value is -0.780. The highest BCUT2D eigenvalue weighted by molar-refractivity contribution is 9.10. The fourth-order valence-corrected chi connectivity index (χ4v) is 3.41. The molecule has 4 N–H and O–H groups in total. The van der Waals surface area contributed by atoms with Gasteiger partial charge in [0.2, 0.25) is 0 Å². The summed E-state index contributed by atoms with van der Waals surface area (Å²) in [6.07, 6.45) is 4.88. The molecule has 1 aliphatic rings. The third-order valence-corrected chi connectivity index (χ3v) is 4.61. The van der Waals surface area contributed by atoms with Crippen molar-refractivity contribution in [2.45, 2.75) is 44.2 Å². The summed E-state index contributed by atoms with van der Waals surface area (Å²) in [6.45, 7) is 0. The number of phenols is 1. The summed E-state index contributed by atoms with van der Waals surface area (Å²) in [5.74, 6) is 0.585. The predicted octanol–water partition coefficient (Wildman–Crippen LogP) is 3.10. The Morgan fingerprint density at radius 2 is 1.95 bits per heavy atom. The molecule has 0 spiro atoms. The Morgan fingerprint density at radius 3 is 2.55 bits per heavy atom. The molecule has 1 aromatic carbocycles. The van der Waals surface area contributed by atoms with Crippen molar-refractivity contribution >= 4 is 15.9 Å². The number of benzene rings is 1. The lowest BCUT2D eigenvalue weighted by atomic mass is 9.81. The predicted molar refractivity (Wildman–Crippen MR) is 81.9 cm³/mol. The first-order valence-corrected chi connectivity index (χ1v) is 7.84. The molecule has 0 amide bonds. The number of hydrogen-bond donors (Lipinski definition) is 3. The Balaban J connectivity index is 2.23. The van der Waals surface area contributed by atoms with Gasteiger partial charge in [0, 0.05) is 10.0 Å². The molecule has 0 aromatic heterocycles. The molecule has 1 saturated carbocycles. The third kappa shape index (κ3) is 3.27. The molecule has 1 fully saturated rings. The summed E-state index contributed by atoms with van der Waals surface area (Å²) in [5, 5.41) is 20.7. The van der Waals surface area contributed by atoms with E-state index in [-0.39, 0.29) is 11.7 Å². The molecule has 2 rings (SSSR count). The van der Waals surface area contributed by atoms with Crippen LogP contribution in [0.1, 0.15) is 43.7 Å². The lowest BCUT2D eigenvalue weighted by Gasteiger charge is -2.31. The SMILES string of the molecule is COc1cc(Br)cc([C@@H](N)[C@@H](O)C2CCCCC2)c1O. The molecule has 5 heteroatoms. The quantitative estimate of drug-likeness (QED) is 0.785. The van der Waals surface area contributed by atoms with E-state index >= 15 is 0 Å². The second-order valence-electron chi connectivity index (χ2n) is 5.46. The van der Waals surface area contributed by atoms with E-state index in [1.807, 2.05) is 0 Å². The van der Waals surface area contributed by atoms with Crippen LogP contribution in [0.2, 0.25) is 0 Å². The van der Waals surface area contributed by atoms with Gasteiger partial charge < -0.3 is 20.7 Å². The normalized spacial score (nSPS) is 19.6. The number of hydrogen-bond acceptors (Lipinski definition) is 4. The molecule has 0 unspecified atom stereocenters. The van der Waals surface area contributed by atoms with Crippen LogP contribution in [0.25, 0.3) is 0 Å². The topological polar surface area (TPSA) is 75.7 Å². The minimum absolute atomic E-state index is 0.0121. The number of nitrogens with two attached hydrogens (primary N) is 1. The van der Waals surface area contributed by atoms with Crippen molar-refractivity contribution in [3.63, 3.8) is 0 Å². The highest BCUT2D eigenvalue weighted by Gasteiger charge is 2.30. The van der Waals surface area contributed by atoms with Crippen LogP contribution in [0, 0.1) is 5.92 Å². The Kier molecular flexibility index (Phi) is 5.29. The van der Waals surface area contributed by atoms with E-state index in [0.29, 0.717) is 11.3 Å². The molecule has 0 aliphatic heterocycles. The Labute approximate surface area is 128 Å². The molecule has 20 heavy (non-hydrogen) atoms. The fraction of sp³-hybridized carbons (Fsp3) is 0.600. The maximum atomic E-state index is 10.5. The van der Waals surface area contributed by atoms with Crippen LogP contribution < -0.4 is 10.5 Å². The minimum atomic E-state index is -0.639. The summed E-state index contributed by atoms with van der Waals surface area (Å²) in [6, 6.07) is 2.82. The number of ether oxygens (including phenoxy) is 1. The van der Waals surface area contributed by atoms with Crippen LogP contribution in [0.5, 0.6) is 11.5 Å². The number of aromatic hydroxyl groups is 1. The summed E-state index contributed by atoms with van der Waals surface area (Å²) in [5.41, 5.74) is 6.70. The molecule has 1 aromatic rings. The van der Waals surface area contributed by atoms with Gasteiger partial charge in [-0.05, 0) is 30.9 Å². The van der Waals surface area contributed by atoms with Gasteiger partial charge in [0.15, 0.2) is 11.5 Å². The van der Waals surface area contributed by atoms with Gasteiger partial charge in [0.05, 0.1) is 19.3 Å². The number of aliphatic hydroxyl groups is 1. The van der Waals surface area contributed by atoms with Gasteiger partial charge in [-0.1, -0.05) is 35.2 Å². The number of aliphatic hydroxyl groups excluding tert-OH is 1. The van der Waals surface area contributed by atoms with Crippen LogP contribution in [0.3, 0.4) is 0 Å². The van der Waals surface area contributed by atoms with E-state index in [1.165, 1.54) is 13.5 Å². The molecule has 2 atom stereocenters. The van der Waals surface area contributed by atoms with Gasteiger partial charge in [-0.15, -0.1) is 0 Å². The third-order valence-electron chi connectivity index (χ3n) is 4.15. The van der Waals surface area contributed by atoms with Crippen molar-refractivity contribution in [3.05, 3.63) is 22.2 Å². The molecule has 0 heterocycles. The summed E-state index contributed by atoms with van der Waals surface area (Å²) < 4.78 is 5.90. The van der Waals surface area contributed by atoms with Crippen molar-refractivity contribution in [3.8, 4) is 11.5 Å². The van der Waals surface area contributed by atoms with Crippen LogP contribution in [0.4, 0.5) is 0 Å². The van der Waals surface area contributed by atoms with Crippen molar-refractivity contribution in [1.82, 2.24) is 0 Å². The molecule has 0 bridgehead atoms. The van der Waals surface area contributed by atoms with Crippen LogP contribution >= 0.6 is 15.9 Å². The van der Waals surface area contributed by atoms with Gasteiger partial charge in [0.25, 0.3) is 0 Å². The number of halogens is 1. The first-order chi connectivity index (χ1) is 9.54. The van der Waals surface area contributed by atoms with Crippen molar-refractivity contribution in [2.75, 3.05) is 7.11 Å². The van der Waals surface area contributed by atoms with Gasteiger partial charge in [-0.25, -0.2) is 0 Å². The molecule has 0 saturated heterocycles. The monoisotopic (exact) mass is 343 g/mol. The second-order valence-corrected chi connectivity index (χ2v) is 6.38. The van der Waals surface area contributed by atoms with Crippen LogP contribution in [-0.4, -0.2) is 23.4 Å². The van der Waals surface area contributed by atoms with Crippen LogP contribution in [0.15, 0.2) is 16.6 Å². The molecule has 4 nitrogen and oxygen atoms in total. The van der Waals surface area contributed by atoms with Crippen molar-refractivity contribution in [2.24, 2.45) is 11.7 Å². The van der Waals surface area contributed by atoms with Crippen LogP contribution in [-0.2, 0) is 0 Å². The summed E-state index contributed by atoms with van der Waals surface area (Å²) in [7, 11) is 1.49. The average Bonchev–Trinajstić information content (AvgIpc) is 2.48. The van der Waals surface area contributed by atoms with E-state index in [0.717, 1.165) is 30.2 Å². The van der Waals surface area contributed by atoms with E-state index < -0.39 is 12.1 Å². The first kappa shape index (κ1) is 15.6. The smallest absolute Gasteiger partial charge is 0.162 e. The van der Waals surface area contributed by atoms with Gasteiger partial charge in [0.1, 0.15) is 0 Å². The minimum Gasteiger partial charge on any atom is -0.504 e. The summed E-state index contributed by atoms with van der Waals surface area (Å²) >= 11 is 3.37. The lowest BCUT2D eigenvalue weighted by Crippen LogP contribution is -2.34. The maximum absolute atomic E-state index is 10.5. The van der Waals surface area contributed by atoms with Gasteiger partial charge >= 0.3 is 0 Å². The zero-order valence-electron chi connectivity index (χ0n) is 11.7. The largest absolute Gasteiger partial charge is 0.504 e. The van der Waals surface area contributed by atoms with Gasteiger partial charge in [-0.2, -0.15) is 0 Å². The maximum Gasteiger partial charge on any atom is 0.162 e. The van der Waals surface area contributed by atoms with E-state index in [1.54, 1.807) is 12.1 Å². The van der Waals surface area contributed by atoms with E-state index in [2.05, 4.69) is 15.9 Å². The first-order valence-electron chi connectivity index (χ1n) is 7.04. The highest BCUT2D eigenvalue weighted by Crippen LogP contribution is 2.39. The average molecular weight is 344 g/mol. The molecular weight excluding hydrogens is 322 g/mol. The highest BCUT2D eigenvalue weighted by atomic mass is 79.9. The van der Waals surface area contributed by atoms with Crippen molar-refractivity contribution in [1.29, 1.82) is 0 Å². The Bertz CT molecular complexity index is 461. The number of phenolic OH excluding ortho intramolecular Hbond substituents is 1. The molecular formula is C15H22BrNO3. The zero-order chi connectivity index (χ0) is 14.7. The van der Waals surface area contributed by atoms with Gasteiger partial charge in [-0.3, -0.25) is 0 Å². The summed E-state index contributed by atoms with van der Waals surface area (Å²) in [4.78, 5) is 0. The lowest BCUT2D eigenvalue weighted by molar-refractivity contribution is 0.0610.